The summed E-state index contributed by atoms with van der Waals surface area (Å²) >= 11 is 0. The Morgan fingerprint density at radius 1 is 1.38 bits per heavy atom. The molecule has 7 nitrogen and oxygen atoms in total. The van der Waals surface area contributed by atoms with Crippen molar-refractivity contribution in [1.82, 2.24) is 15.2 Å². The Balaban J connectivity index is 1.38. The third kappa shape index (κ3) is 2.78. The van der Waals surface area contributed by atoms with E-state index in [1.165, 1.54) is 0 Å². The van der Waals surface area contributed by atoms with Gasteiger partial charge in [-0.2, -0.15) is 0 Å². The van der Waals surface area contributed by atoms with E-state index in [0.717, 1.165) is 39.0 Å². The number of likely N-dealkylation sites (tertiary alicyclic amines) is 1. The first-order valence-electron chi connectivity index (χ1n) is 8.47. The van der Waals surface area contributed by atoms with E-state index < -0.39 is 6.10 Å². The fourth-order valence-corrected chi connectivity index (χ4v) is 3.61. The normalized spacial score (nSPS) is 27.5. The Morgan fingerprint density at radius 3 is 2.79 bits per heavy atom. The zero-order valence-electron chi connectivity index (χ0n) is 13.7. The lowest BCUT2D eigenvalue weighted by Crippen LogP contribution is -2.71. The molecule has 2 amide bonds. The van der Waals surface area contributed by atoms with Crippen LogP contribution in [0.25, 0.3) is 0 Å². The largest absolute Gasteiger partial charge is 0.365 e. The predicted molar refractivity (Wildman–Crippen MR) is 87.6 cm³/mol. The van der Waals surface area contributed by atoms with Crippen molar-refractivity contribution in [2.24, 2.45) is 5.41 Å². The maximum atomic E-state index is 12.5. The molecule has 3 fully saturated rings. The number of hydrogen-bond donors (Lipinski definition) is 2. The summed E-state index contributed by atoms with van der Waals surface area (Å²) in [5, 5.41) is 6.08. The maximum absolute atomic E-state index is 12.5. The number of rotatable bonds is 3. The Morgan fingerprint density at radius 2 is 2.17 bits per heavy atom. The quantitative estimate of drug-likeness (QED) is 0.849. The zero-order chi connectivity index (χ0) is 16.7. The van der Waals surface area contributed by atoms with Crippen molar-refractivity contribution < 1.29 is 14.3 Å². The highest BCUT2D eigenvalue weighted by Crippen LogP contribution is 2.34. The molecule has 7 heteroatoms. The van der Waals surface area contributed by atoms with E-state index in [9.17, 15) is 9.59 Å². The van der Waals surface area contributed by atoms with Crippen LogP contribution in [0.1, 0.15) is 30.3 Å². The van der Waals surface area contributed by atoms with E-state index in [4.69, 9.17) is 4.74 Å². The van der Waals surface area contributed by atoms with Gasteiger partial charge in [-0.25, -0.2) is 0 Å². The number of carbonyl (C=O) groups is 2. The van der Waals surface area contributed by atoms with Gasteiger partial charge in [0.25, 0.3) is 11.8 Å². The van der Waals surface area contributed by atoms with Gasteiger partial charge in [-0.15, -0.1) is 0 Å². The molecule has 0 saturated carbocycles. The van der Waals surface area contributed by atoms with Crippen molar-refractivity contribution >= 4 is 17.5 Å². The van der Waals surface area contributed by atoms with Gasteiger partial charge in [0.2, 0.25) is 0 Å². The van der Waals surface area contributed by atoms with Crippen LogP contribution in [-0.2, 0) is 9.53 Å². The van der Waals surface area contributed by atoms with Gasteiger partial charge in [0, 0.05) is 43.5 Å². The smallest absolute Gasteiger partial charge is 0.272 e. The number of ether oxygens (including phenoxy) is 1. The molecule has 128 valence electrons. The summed E-state index contributed by atoms with van der Waals surface area (Å²) in [6.07, 6.45) is 2.89. The molecule has 4 heterocycles. The lowest BCUT2D eigenvalue weighted by molar-refractivity contribution is -0.126. The molecule has 2 unspecified atom stereocenters. The van der Waals surface area contributed by atoms with Crippen molar-refractivity contribution in [2.45, 2.75) is 32.0 Å². The Bertz CT molecular complexity index is 666. The molecular weight excluding hydrogens is 308 g/mol. The van der Waals surface area contributed by atoms with Gasteiger partial charge in [-0.05, 0) is 31.9 Å². The van der Waals surface area contributed by atoms with Crippen LogP contribution in [0, 0.1) is 5.41 Å². The topological polar surface area (TPSA) is 83.6 Å². The highest BCUT2D eigenvalue weighted by Gasteiger charge is 2.49. The van der Waals surface area contributed by atoms with Crippen molar-refractivity contribution in [3.05, 3.63) is 24.0 Å². The fraction of sp³-hybridized carbons (Fsp3) is 0.588. The van der Waals surface area contributed by atoms with Gasteiger partial charge in [0.15, 0.2) is 0 Å². The molecule has 24 heavy (non-hydrogen) atoms. The van der Waals surface area contributed by atoms with Crippen molar-refractivity contribution in [1.29, 1.82) is 0 Å². The summed E-state index contributed by atoms with van der Waals surface area (Å²) < 4.78 is 5.57. The van der Waals surface area contributed by atoms with Crippen LogP contribution < -0.4 is 10.6 Å². The minimum atomic E-state index is -0.409. The van der Waals surface area contributed by atoms with Crippen LogP contribution in [0.15, 0.2) is 18.3 Å². The molecule has 2 N–H and O–H groups in total. The van der Waals surface area contributed by atoms with Gasteiger partial charge in [0.05, 0.1) is 6.10 Å². The molecule has 0 aliphatic carbocycles. The highest BCUT2D eigenvalue weighted by molar-refractivity contribution is 5.97. The monoisotopic (exact) mass is 330 g/mol. The molecule has 1 aromatic rings. The number of anilines is 1. The molecule has 0 radical (unpaired) electrons. The van der Waals surface area contributed by atoms with E-state index in [1.807, 2.05) is 11.8 Å². The molecule has 1 aromatic heterocycles. The Hall–Kier alpha value is -1.99. The second-order valence-corrected chi connectivity index (χ2v) is 7.20. The first-order chi connectivity index (χ1) is 11.5. The van der Waals surface area contributed by atoms with Crippen molar-refractivity contribution in [3.63, 3.8) is 0 Å². The molecule has 3 saturated heterocycles. The van der Waals surface area contributed by atoms with E-state index in [2.05, 4.69) is 15.6 Å². The van der Waals surface area contributed by atoms with Gasteiger partial charge >= 0.3 is 0 Å². The molecule has 4 rings (SSSR count). The van der Waals surface area contributed by atoms with Gasteiger partial charge in [-0.1, -0.05) is 0 Å². The van der Waals surface area contributed by atoms with E-state index >= 15 is 0 Å². The second-order valence-electron chi connectivity index (χ2n) is 7.20. The summed E-state index contributed by atoms with van der Waals surface area (Å²) in [5.41, 5.74) is 1.25. The number of hydrogen-bond acceptors (Lipinski definition) is 5. The highest BCUT2D eigenvalue weighted by atomic mass is 16.5. The summed E-state index contributed by atoms with van der Waals surface area (Å²) in [6, 6.07) is 3.34. The van der Waals surface area contributed by atoms with Crippen LogP contribution in [-0.4, -0.2) is 60.1 Å². The van der Waals surface area contributed by atoms with Crippen LogP contribution in [0.4, 0.5) is 5.69 Å². The van der Waals surface area contributed by atoms with E-state index in [-0.39, 0.29) is 23.3 Å². The minimum Gasteiger partial charge on any atom is -0.365 e. The zero-order valence-corrected chi connectivity index (χ0v) is 13.7. The molecule has 0 aromatic carbocycles. The third-order valence-electron chi connectivity index (χ3n) is 5.11. The molecule has 0 bridgehead atoms. The summed E-state index contributed by atoms with van der Waals surface area (Å²) in [4.78, 5) is 30.7. The average Bonchev–Trinajstić information content (AvgIpc) is 2.91. The first kappa shape index (κ1) is 15.5. The van der Waals surface area contributed by atoms with E-state index in [0.29, 0.717) is 11.4 Å². The second kappa shape index (κ2) is 5.82. The lowest BCUT2D eigenvalue weighted by atomic mass is 9.74. The van der Waals surface area contributed by atoms with Gasteiger partial charge < -0.3 is 20.3 Å². The first-order valence-corrected chi connectivity index (χ1v) is 8.47. The lowest BCUT2D eigenvalue weighted by Gasteiger charge is -2.55. The van der Waals surface area contributed by atoms with Crippen LogP contribution in [0.3, 0.4) is 0 Å². The maximum Gasteiger partial charge on any atom is 0.272 e. The van der Waals surface area contributed by atoms with Gasteiger partial charge in [-0.3, -0.25) is 14.6 Å². The number of nitrogens with one attached hydrogen (secondary N) is 2. The molecule has 2 atom stereocenters. The van der Waals surface area contributed by atoms with Crippen molar-refractivity contribution in [3.8, 4) is 0 Å². The van der Waals surface area contributed by atoms with Crippen molar-refractivity contribution in [2.75, 3.05) is 31.5 Å². The van der Waals surface area contributed by atoms with Crippen LogP contribution >= 0.6 is 0 Å². The number of pyridine rings is 1. The van der Waals surface area contributed by atoms with Gasteiger partial charge in [0.1, 0.15) is 11.8 Å². The number of nitrogens with zero attached hydrogens (tertiary/aromatic N) is 2. The van der Waals surface area contributed by atoms with E-state index in [1.54, 1.807) is 18.3 Å². The summed E-state index contributed by atoms with van der Waals surface area (Å²) in [7, 11) is 0. The molecule has 1 spiro atoms. The molecular formula is C17H22N4O3. The summed E-state index contributed by atoms with van der Waals surface area (Å²) in [5.74, 6) is -0.234. The number of aromatic nitrogens is 1. The number of amides is 2. The Labute approximate surface area is 140 Å². The molecule has 3 aliphatic rings. The van der Waals surface area contributed by atoms with Crippen LogP contribution in [0.2, 0.25) is 0 Å². The van der Waals surface area contributed by atoms with Crippen LogP contribution in [0.5, 0.6) is 0 Å². The fourth-order valence-electron chi connectivity index (χ4n) is 3.61. The Kier molecular flexibility index (Phi) is 3.77. The SMILES string of the molecule is CC1CCC(C(=O)Nc2ccnc(C(=O)N3CC4(CNC4)C3)c2)O1. The predicted octanol–water partition coefficient (Wildman–Crippen LogP) is 0.633. The minimum absolute atomic E-state index is 0.0747. The average molecular weight is 330 g/mol. The third-order valence-corrected chi connectivity index (χ3v) is 5.11. The molecule has 3 aliphatic heterocycles. The summed E-state index contributed by atoms with van der Waals surface area (Å²) in [6.45, 7) is 5.50. The number of carbonyl (C=O) groups excluding carboxylic acids is 2. The standard InChI is InChI=1S/C17H22N4O3/c1-11-2-3-14(24-11)15(22)20-12-4-5-19-13(6-12)16(23)21-9-17(10-21)7-18-8-17/h4-6,11,14,18H,2-3,7-10H2,1H3,(H,19,20,22).